The summed E-state index contributed by atoms with van der Waals surface area (Å²) in [4.78, 5) is 50.9. The van der Waals surface area contributed by atoms with Crippen LogP contribution in [0.15, 0.2) is 36.4 Å². The molecule has 58 heavy (non-hydrogen) atoms. The van der Waals surface area contributed by atoms with Gasteiger partial charge in [0.2, 0.25) is 12.1 Å². The van der Waals surface area contributed by atoms with E-state index in [0.29, 0.717) is 19.4 Å². The third-order valence-electron chi connectivity index (χ3n) is 12.0. The van der Waals surface area contributed by atoms with Crippen LogP contribution in [0.3, 0.4) is 0 Å². The lowest BCUT2D eigenvalue weighted by molar-refractivity contribution is -0.360. The first-order valence-electron chi connectivity index (χ1n) is 19.7. The fourth-order valence-electron chi connectivity index (χ4n) is 8.91. The first kappa shape index (κ1) is 42.6. The van der Waals surface area contributed by atoms with Crippen molar-refractivity contribution in [2.24, 2.45) is 17.8 Å². The molecule has 4 N–H and O–H groups in total. The Morgan fingerprint density at radius 1 is 0.845 bits per heavy atom. The lowest BCUT2D eigenvalue weighted by Crippen LogP contribution is -2.65. The third-order valence-corrected chi connectivity index (χ3v) is 12.0. The predicted molar refractivity (Wildman–Crippen MR) is 192 cm³/mol. The van der Waals surface area contributed by atoms with Crippen molar-refractivity contribution >= 4 is 30.0 Å². The maximum absolute atomic E-state index is 14.0. The van der Waals surface area contributed by atoms with Gasteiger partial charge in [-0.2, -0.15) is 0 Å². The largest absolute Gasteiger partial charge is 0.459 e. The molecule has 1 aliphatic carbocycles. The van der Waals surface area contributed by atoms with Crippen LogP contribution in [0.25, 0.3) is 6.08 Å². The lowest BCUT2D eigenvalue weighted by Gasteiger charge is -2.46. The van der Waals surface area contributed by atoms with E-state index < -0.39 is 121 Å². The molecule has 2 spiro atoms. The number of aliphatic hydroxyl groups excluding tert-OH is 4. The number of fused-ring (bicyclic) bond motifs is 3. The van der Waals surface area contributed by atoms with Crippen LogP contribution in [0.4, 0.5) is 0 Å². The minimum Gasteiger partial charge on any atom is -0.459 e. The molecule has 0 aromatic heterocycles. The van der Waals surface area contributed by atoms with E-state index in [1.54, 1.807) is 6.08 Å². The van der Waals surface area contributed by atoms with Crippen molar-refractivity contribution in [2.45, 2.75) is 138 Å². The molecule has 18 nitrogen and oxygen atoms in total. The fraction of sp³-hybridized carbons (Fsp3) is 0.700. The Labute approximate surface area is 334 Å². The molecule has 6 aliphatic rings. The second kappa shape index (κ2) is 17.2. The Bertz CT molecular complexity index is 1680. The zero-order valence-corrected chi connectivity index (χ0v) is 32.7. The van der Waals surface area contributed by atoms with Gasteiger partial charge in [-0.15, -0.1) is 0 Å². The zero-order valence-electron chi connectivity index (χ0n) is 32.7. The number of carbonyl (C=O) groups is 4. The number of esters is 4. The summed E-state index contributed by atoms with van der Waals surface area (Å²) in [5, 5.41) is 42.8. The Balaban J connectivity index is 1.05. The van der Waals surface area contributed by atoms with Crippen LogP contribution in [0.2, 0.25) is 0 Å². The Morgan fingerprint density at radius 3 is 2.22 bits per heavy atom. The molecule has 0 unspecified atom stereocenters. The van der Waals surface area contributed by atoms with E-state index in [0.717, 1.165) is 19.4 Å². The number of aliphatic hydroxyl groups is 4. The second-order valence-electron chi connectivity index (χ2n) is 16.0. The van der Waals surface area contributed by atoms with Crippen LogP contribution < -0.4 is 0 Å². The number of rotatable bonds is 10. The molecule has 7 rings (SSSR count). The molecule has 5 heterocycles. The Hall–Kier alpha value is -3.56. The van der Waals surface area contributed by atoms with E-state index in [9.17, 15) is 39.6 Å². The number of hydrogen-bond donors (Lipinski definition) is 4. The Kier molecular flexibility index (Phi) is 12.6. The van der Waals surface area contributed by atoms with Crippen LogP contribution in [-0.2, 0) is 66.5 Å². The maximum Gasteiger partial charge on any atom is 0.331 e. The second-order valence-corrected chi connectivity index (χ2v) is 16.0. The minimum absolute atomic E-state index is 0.131. The number of benzene rings is 1. The molecule has 5 saturated heterocycles. The van der Waals surface area contributed by atoms with E-state index in [1.165, 1.54) is 13.0 Å². The summed E-state index contributed by atoms with van der Waals surface area (Å²) in [6, 6.07) is 9.38. The Morgan fingerprint density at radius 2 is 1.55 bits per heavy atom. The molecule has 1 aromatic rings. The van der Waals surface area contributed by atoms with Gasteiger partial charge in [0.15, 0.2) is 30.2 Å². The molecule has 0 amide bonds. The summed E-state index contributed by atoms with van der Waals surface area (Å²) in [6.07, 6.45) is -12.2. The van der Waals surface area contributed by atoms with Gasteiger partial charge >= 0.3 is 23.9 Å². The van der Waals surface area contributed by atoms with Gasteiger partial charge in [0.1, 0.15) is 30.5 Å². The van der Waals surface area contributed by atoms with Crippen LogP contribution >= 0.6 is 0 Å². The quantitative estimate of drug-likeness (QED) is 0.107. The summed E-state index contributed by atoms with van der Waals surface area (Å²) in [5.74, 6) is -5.13. The molecular weight excluding hydrogens is 768 g/mol. The first-order valence-corrected chi connectivity index (χ1v) is 19.7. The predicted octanol–water partition coefficient (Wildman–Crippen LogP) is 0.285. The molecule has 320 valence electrons. The molecule has 1 saturated carbocycles. The van der Waals surface area contributed by atoms with E-state index in [2.05, 4.69) is 0 Å². The van der Waals surface area contributed by atoms with Crippen LogP contribution in [0.5, 0.6) is 0 Å². The highest BCUT2D eigenvalue weighted by Crippen LogP contribution is 2.62. The van der Waals surface area contributed by atoms with Crippen molar-refractivity contribution in [3.05, 3.63) is 42.0 Å². The van der Waals surface area contributed by atoms with E-state index in [-0.39, 0.29) is 31.3 Å². The standard InChI is InChI=1S/C40H52O18/c1-19-17-49-40(15-27(19)54-29(44)13-10-23-8-6-5-7-9-23)39(18-50-39)25-12-11-24(14-26(25)58-40)36(48)57-38-35(34(53-22(4)43)31(46)28(16-41)55-38)56-37-32(47)33(52-21(3)42)30(45)20(2)51-37/h5-10,13,19-20,24-28,30-35,37-38,41,45-47H,11-12,14-18H2,1-4H3/b13-10+/t19-,20-,24-,25-,26+,27+,28-,30-,31-,32-,33+,34+,35-,37+,38+,39-,40-/m1/s1. The average molecular weight is 821 g/mol. The maximum atomic E-state index is 14.0. The van der Waals surface area contributed by atoms with Gasteiger partial charge in [-0.05, 0) is 37.8 Å². The highest BCUT2D eigenvalue weighted by atomic mass is 16.8. The number of carbonyl (C=O) groups excluding carboxylic acids is 4. The third kappa shape index (κ3) is 8.41. The van der Waals surface area contributed by atoms with Gasteiger partial charge < -0.3 is 67.8 Å². The van der Waals surface area contributed by atoms with Gasteiger partial charge in [0.25, 0.3) is 0 Å². The number of ether oxygens (including phenoxy) is 10. The van der Waals surface area contributed by atoms with Gasteiger partial charge in [-0.25, -0.2) is 4.79 Å². The van der Waals surface area contributed by atoms with Crippen molar-refractivity contribution in [1.82, 2.24) is 0 Å². The lowest BCUT2D eigenvalue weighted by atomic mass is 9.72. The number of epoxide rings is 1. The van der Waals surface area contributed by atoms with Crippen LogP contribution in [0.1, 0.15) is 58.9 Å². The molecule has 6 fully saturated rings. The van der Waals surface area contributed by atoms with Crippen molar-refractivity contribution in [1.29, 1.82) is 0 Å². The molecule has 0 bridgehead atoms. The smallest absolute Gasteiger partial charge is 0.331 e. The van der Waals surface area contributed by atoms with E-state index in [4.69, 9.17) is 47.4 Å². The summed E-state index contributed by atoms with van der Waals surface area (Å²) in [7, 11) is 0. The molecular formula is C40H52O18. The monoisotopic (exact) mass is 820 g/mol. The highest BCUT2D eigenvalue weighted by Gasteiger charge is 2.76. The molecule has 17 atom stereocenters. The normalized spacial score (nSPS) is 43.4. The van der Waals surface area contributed by atoms with Crippen molar-refractivity contribution in [3.8, 4) is 0 Å². The first-order chi connectivity index (χ1) is 27.6. The van der Waals surface area contributed by atoms with Crippen molar-refractivity contribution < 1.29 is 87.0 Å². The highest BCUT2D eigenvalue weighted by molar-refractivity contribution is 5.87. The summed E-state index contributed by atoms with van der Waals surface area (Å²) in [6.45, 7) is 5.39. The fourth-order valence-corrected chi connectivity index (χ4v) is 8.91. The zero-order chi connectivity index (χ0) is 41.5. The molecule has 5 aliphatic heterocycles. The van der Waals surface area contributed by atoms with Crippen LogP contribution in [0, 0.1) is 17.8 Å². The van der Waals surface area contributed by atoms with Crippen molar-refractivity contribution in [2.75, 3.05) is 19.8 Å². The molecule has 18 heteroatoms. The van der Waals surface area contributed by atoms with Gasteiger partial charge in [0, 0.05) is 38.2 Å². The van der Waals surface area contributed by atoms with E-state index in [1.807, 2.05) is 37.3 Å². The SMILES string of the molecule is CC(=O)O[C@@H]1[C@@H](O)[C@H](O[C@H]2[C@H](OC(=O)[C@@H]3CC[C@@H]4[C@H](C3)O[C@]3(C[C@H](OC(=O)/C=C/c5ccccc5)[C@H](C)CO3)[C@@]43CO3)O[C@H](CO)[C@@H](O)[C@@H]2OC(C)=O)O[C@H](C)[C@H]1O. The van der Waals surface area contributed by atoms with Crippen molar-refractivity contribution in [3.63, 3.8) is 0 Å². The van der Waals surface area contributed by atoms with Gasteiger partial charge in [0.05, 0.1) is 37.9 Å². The summed E-state index contributed by atoms with van der Waals surface area (Å²) in [5.41, 5.74) is 0.0624. The van der Waals surface area contributed by atoms with E-state index >= 15 is 0 Å². The molecule has 0 radical (unpaired) electrons. The van der Waals surface area contributed by atoms with Gasteiger partial charge in [-0.1, -0.05) is 37.3 Å². The molecule has 1 aromatic carbocycles. The summed E-state index contributed by atoms with van der Waals surface area (Å²) >= 11 is 0. The topological polar surface area (TPSA) is 245 Å². The minimum atomic E-state index is -1.78. The summed E-state index contributed by atoms with van der Waals surface area (Å²) < 4.78 is 59.1. The van der Waals surface area contributed by atoms with Gasteiger partial charge in [-0.3, -0.25) is 14.4 Å². The van der Waals surface area contributed by atoms with Crippen LogP contribution in [-0.4, -0.2) is 149 Å². The number of hydrogen-bond acceptors (Lipinski definition) is 18. The average Bonchev–Trinajstić information content (AvgIpc) is 3.96.